The summed E-state index contributed by atoms with van der Waals surface area (Å²) in [6.45, 7) is 3.31. The van der Waals surface area contributed by atoms with E-state index in [0.29, 0.717) is 6.04 Å². The second kappa shape index (κ2) is 5.78. The van der Waals surface area contributed by atoms with Gasteiger partial charge in [-0.1, -0.05) is 19.1 Å². The van der Waals surface area contributed by atoms with E-state index in [1.54, 1.807) is 0 Å². The third-order valence-electron chi connectivity index (χ3n) is 3.25. The SMILES string of the molecule is CC1CC(NCc2ccc(N(C)C)cc2)CS1. The Bertz CT molecular complexity index is 348. The van der Waals surface area contributed by atoms with Crippen LogP contribution in [0.4, 0.5) is 5.69 Å². The third kappa shape index (κ3) is 3.65. The summed E-state index contributed by atoms with van der Waals surface area (Å²) in [5.74, 6) is 1.26. The van der Waals surface area contributed by atoms with Crippen molar-refractivity contribution in [1.82, 2.24) is 5.32 Å². The van der Waals surface area contributed by atoms with Gasteiger partial charge in [-0.15, -0.1) is 0 Å². The average Bonchev–Trinajstić information content (AvgIpc) is 2.73. The highest BCUT2D eigenvalue weighted by atomic mass is 32.2. The van der Waals surface area contributed by atoms with Crippen molar-refractivity contribution < 1.29 is 0 Å². The van der Waals surface area contributed by atoms with Crippen LogP contribution < -0.4 is 10.2 Å². The summed E-state index contributed by atoms with van der Waals surface area (Å²) in [6.07, 6.45) is 1.31. The van der Waals surface area contributed by atoms with E-state index in [4.69, 9.17) is 0 Å². The van der Waals surface area contributed by atoms with Gasteiger partial charge in [0.2, 0.25) is 0 Å². The van der Waals surface area contributed by atoms with E-state index >= 15 is 0 Å². The van der Waals surface area contributed by atoms with E-state index < -0.39 is 0 Å². The lowest BCUT2D eigenvalue weighted by atomic mass is 10.1. The molecule has 0 amide bonds. The number of hydrogen-bond donors (Lipinski definition) is 1. The zero-order valence-corrected chi connectivity index (χ0v) is 11.8. The minimum absolute atomic E-state index is 0.698. The maximum absolute atomic E-state index is 3.64. The van der Waals surface area contributed by atoms with Crippen LogP contribution in [0, 0.1) is 0 Å². The minimum Gasteiger partial charge on any atom is -0.378 e. The molecular weight excluding hydrogens is 228 g/mol. The van der Waals surface area contributed by atoms with Crippen LogP contribution in [-0.2, 0) is 6.54 Å². The first-order valence-corrected chi connectivity index (χ1v) is 7.31. The van der Waals surface area contributed by atoms with Gasteiger partial charge in [0.25, 0.3) is 0 Å². The van der Waals surface area contributed by atoms with E-state index in [-0.39, 0.29) is 0 Å². The molecule has 1 fully saturated rings. The largest absolute Gasteiger partial charge is 0.378 e. The highest BCUT2D eigenvalue weighted by Gasteiger charge is 2.20. The topological polar surface area (TPSA) is 15.3 Å². The fourth-order valence-corrected chi connectivity index (χ4v) is 3.32. The van der Waals surface area contributed by atoms with Crippen LogP contribution in [0.25, 0.3) is 0 Å². The first-order valence-electron chi connectivity index (χ1n) is 6.26. The summed E-state index contributed by atoms with van der Waals surface area (Å²) < 4.78 is 0. The van der Waals surface area contributed by atoms with Crippen LogP contribution in [-0.4, -0.2) is 31.1 Å². The zero-order valence-electron chi connectivity index (χ0n) is 10.9. The van der Waals surface area contributed by atoms with E-state index in [1.807, 2.05) is 0 Å². The van der Waals surface area contributed by atoms with Gasteiger partial charge in [0.15, 0.2) is 0 Å². The fraction of sp³-hybridized carbons (Fsp3) is 0.571. The Morgan fingerprint density at radius 2 is 2.00 bits per heavy atom. The Morgan fingerprint density at radius 1 is 1.29 bits per heavy atom. The summed E-state index contributed by atoms with van der Waals surface area (Å²) in [5, 5.41) is 4.47. The number of rotatable bonds is 4. The minimum atomic E-state index is 0.698. The van der Waals surface area contributed by atoms with E-state index in [1.165, 1.54) is 23.4 Å². The number of benzene rings is 1. The van der Waals surface area contributed by atoms with Gasteiger partial charge in [-0.2, -0.15) is 11.8 Å². The van der Waals surface area contributed by atoms with Gasteiger partial charge in [0.05, 0.1) is 0 Å². The average molecular weight is 250 g/mol. The summed E-state index contributed by atoms with van der Waals surface area (Å²) in [4.78, 5) is 2.13. The summed E-state index contributed by atoms with van der Waals surface area (Å²) in [7, 11) is 4.15. The normalized spacial score (nSPS) is 23.9. The molecule has 0 radical (unpaired) electrons. The van der Waals surface area contributed by atoms with Crippen molar-refractivity contribution in [3.63, 3.8) is 0 Å². The molecule has 94 valence electrons. The van der Waals surface area contributed by atoms with Crippen LogP contribution in [0.2, 0.25) is 0 Å². The maximum atomic E-state index is 3.64. The number of anilines is 1. The van der Waals surface area contributed by atoms with E-state index in [2.05, 4.69) is 67.3 Å². The standard InChI is InChI=1S/C14H22N2S/c1-11-8-13(10-17-11)15-9-12-4-6-14(7-5-12)16(2)3/h4-7,11,13,15H,8-10H2,1-3H3. The van der Waals surface area contributed by atoms with Crippen molar-refractivity contribution in [1.29, 1.82) is 0 Å². The Morgan fingerprint density at radius 3 is 2.53 bits per heavy atom. The quantitative estimate of drug-likeness (QED) is 0.884. The lowest BCUT2D eigenvalue weighted by molar-refractivity contribution is 0.538. The molecule has 2 rings (SSSR count). The van der Waals surface area contributed by atoms with Crippen LogP contribution in [0.5, 0.6) is 0 Å². The summed E-state index contributed by atoms with van der Waals surface area (Å²) in [6, 6.07) is 9.50. The lowest BCUT2D eigenvalue weighted by Crippen LogP contribution is -2.28. The molecule has 0 aromatic heterocycles. The number of thioether (sulfide) groups is 1. The highest BCUT2D eigenvalue weighted by molar-refractivity contribution is 8.00. The predicted octanol–water partition coefficient (Wildman–Crippen LogP) is 2.74. The maximum Gasteiger partial charge on any atom is 0.0361 e. The number of hydrogen-bond acceptors (Lipinski definition) is 3. The van der Waals surface area contributed by atoms with Crippen molar-refractivity contribution >= 4 is 17.4 Å². The van der Waals surface area contributed by atoms with Gasteiger partial charge >= 0.3 is 0 Å². The first-order chi connectivity index (χ1) is 8.15. The van der Waals surface area contributed by atoms with Gasteiger partial charge in [-0.05, 0) is 24.1 Å². The van der Waals surface area contributed by atoms with Gasteiger partial charge < -0.3 is 10.2 Å². The molecule has 1 aromatic carbocycles. The molecule has 3 heteroatoms. The van der Waals surface area contributed by atoms with E-state index in [0.717, 1.165) is 11.8 Å². The molecule has 17 heavy (non-hydrogen) atoms. The molecule has 2 nitrogen and oxygen atoms in total. The lowest BCUT2D eigenvalue weighted by Gasteiger charge is -2.14. The highest BCUT2D eigenvalue weighted by Crippen LogP contribution is 2.26. The van der Waals surface area contributed by atoms with Crippen molar-refractivity contribution in [3.05, 3.63) is 29.8 Å². The molecule has 1 aliphatic rings. The van der Waals surface area contributed by atoms with Gasteiger partial charge in [0.1, 0.15) is 0 Å². The van der Waals surface area contributed by atoms with E-state index in [9.17, 15) is 0 Å². The molecule has 2 unspecified atom stereocenters. The Kier molecular flexibility index (Phi) is 4.35. The van der Waals surface area contributed by atoms with Crippen LogP contribution >= 0.6 is 11.8 Å². The first kappa shape index (κ1) is 12.8. The zero-order chi connectivity index (χ0) is 12.3. The number of nitrogens with zero attached hydrogens (tertiary/aromatic N) is 1. The van der Waals surface area contributed by atoms with Crippen molar-refractivity contribution in [2.75, 3.05) is 24.7 Å². The molecule has 1 N–H and O–H groups in total. The molecule has 2 atom stereocenters. The predicted molar refractivity (Wildman–Crippen MR) is 77.9 cm³/mol. The Hall–Kier alpha value is -0.670. The molecule has 1 aromatic rings. The molecule has 0 spiro atoms. The number of nitrogens with one attached hydrogen (secondary N) is 1. The van der Waals surface area contributed by atoms with Gasteiger partial charge in [-0.25, -0.2) is 0 Å². The fourth-order valence-electron chi connectivity index (χ4n) is 2.13. The molecule has 1 aliphatic heterocycles. The molecular formula is C14H22N2S. The van der Waals surface area contributed by atoms with Gasteiger partial charge in [-0.3, -0.25) is 0 Å². The Labute approximate surface area is 109 Å². The Balaban J connectivity index is 1.83. The molecule has 0 saturated carbocycles. The molecule has 0 aliphatic carbocycles. The second-order valence-corrected chi connectivity index (χ2v) is 6.49. The second-order valence-electron chi connectivity index (χ2n) is 5.02. The van der Waals surface area contributed by atoms with Crippen LogP contribution in [0.1, 0.15) is 18.9 Å². The van der Waals surface area contributed by atoms with Crippen LogP contribution in [0.3, 0.4) is 0 Å². The smallest absolute Gasteiger partial charge is 0.0361 e. The van der Waals surface area contributed by atoms with Crippen molar-refractivity contribution in [2.45, 2.75) is 31.2 Å². The van der Waals surface area contributed by atoms with Crippen molar-refractivity contribution in [2.24, 2.45) is 0 Å². The van der Waals surface area contributed by atoms with Crippen molar-refractivity contribution in [3.8, 4) is 0 Å². The molecule has 1 saturated heterocycles. The third-order valence-corrected chi connectivity index (χ3v) is 4.60. The summed E-state index contributed by atoms with van der Waals surface area (Å²) in [5.41, 5.74) is 2.64. The molecule has 0 bridgehead atoms. The monoisotopic (exact) mass is 250 g/mol. The summed E-state index contributed by atoms with van der Waals surface area (Å²) >= 11 is 2.08. The van der Waals surface area contributed by atoms with Crippen LogP contribution in [0.15, 0.2) is 24.3 Å². The van der Waals surface area contributed by atoms with Gasteiger partial charge in [0, 0.05) is 43.4 Å². The molecule has 1 heterocycles.